The van der Waals surface area contributed by atoms with E-state index in [1.54, 1.807) is 23.5 Å². The first-order valence-corrected chi connectivity index (χ1v) is 6.78. The van der Waals surface area contributed by atoms with Crippen molar-refractivity contribution < 1.29 is 4.39 Å². The van der Waals surface area contributed by atoms with Gasteiger partial charge in [-0.05, 0) is 42.5 Å². The third-order valence-electron chi connectivity index (χ3n) is 2.79. The molecular weight excluding hydrogens is 233 g/mol. The lowest BCUT2D eigenvalue weighted by atomic mass is 10.00. The van der Waals surface area contributed by atoms with Crippen LogP contribution in [0, 0.1) is 11.7 Å². The van der Waals surface area contributed by atoms with E-state index in [9.17, 15) is 4.39 Å². The minimum Gasteiger partial charge on any atom is -0.315 e. The zero-order valence-corrected chi connectivity index (χ0v) is 11.3. The van der Waals surface area contributed by atoms with Crippen molar-refractivity contribution in [3.8, 4) is 0 Å². The Labute approximate surface area is 106 Å². The van der Waals surface area contributed by atoms with Crippen LogP contribution in [-0.4, -0.2) is 7.05 Å². The Balaban J connectivity index is 2.54. The first-order valence-electron chi connectivity index (χ1n) is 5.96. The molecule has 2 rings (SSSR count). The van der Waals surface area contributed by atoms with Gasteiger partial charge in [0.1, 0.15) is 5.82 Å². The molecule has 2 aromatic rings. The van der Waals surface area contributed by atoms with Crippen molar-refractivity contribution in [2.75, 3.05) is 7.05 Å². The second kappa shape index (κ2) is 5.15. The maximum atomic E-state index is 13.2. The van der Waals surface area contributed by atoms with Crippen molar-refractivity contribution in [2.24, 2.45) is 5.92 Å². The van der Waals surface area contributed by atoms with E-state index in [1.165, 1.54) is 15.8 Å². The molecule has 0 amide bonds. The summed E-state index contributed by atoms with van der Waals surface area (Å²) < 4.78 is 14.3. The summed E-state index contributed by atoms with van der Waals surface area (Å²) in [5.41, 5.74) is 1.38. The van der Waals surface area contributed by atoms with Crippen LogP contribution in [-0.2, 0) is 13.0 Å². The molecule has 0 saturated heterocycles. The van der Waals surface area contributed by atoms with E-state index >= 15 is 0 Å². The van der Waals surface area contributed by atoms with Crippen molar-refractivity contribution in [3.63, 3.8) is 0 Å². The van der Waals surface area contributed by atoms with Gasteiger partial charge in [0.25, 0.3) is 0 Å². The standard InChI is InChI=1S/C14H18FNS/c1-9(2)6-12-11-5-4-10(15)7-13(11)17-14(12)8-16-3/h4-5,7,9,16H,6,8H2,1-3H3. The van der Waals surface area contributed by atoms with Crippen molar-refractivity contribution in [3.05, 3.63) is 34.5 Å². The van der Waals surface area contributed by atoms with Crippen LogP contribution in [0.25, 0.3) is 10.1 Å². The van der Waals surface area contributed by atoms with Gasteiger partial charge in [-0.15, -0.1) is 11.3 Å². The highest BCUT2D eigenvalue weighted by molar-refractivity contribution is 7.19. The summed E-state index contributed by atoms with van der Waals surface area (Å²) in [7, 11) is 1.95. The van der Waals surface area contributed by atoms with Crippen LogP contribution in [0.1, 0.15) is 24.3 Å². The van der Waals surface area contributed by atoms with Gasteiger partial charge in [0.05, 0.1) is 0 Å². The highest BCUT2D eigenvalue weighted by atomic mass is 32.1. The Kier molecular flexibility index (Phi) is 3.79. The van der Waals surface area contributed by atoms with Crippen LogP contribution in [0.2, 0.25) is 0 Å². The van der Waals surface area contributed by atoms with Gasteiger partial charge in [0.2, 0.25) is 0 Å². The molecule has 1 heterocycles. The van der Waals surface area contributed by atoms with Crippen LogP contribution < -0.4 is 5.32 Å². The van der Waals surface area contributed by atoms with E-state index in [0.717, 1.165) is 17.7 Å². The Hall–Kier alpha value is -0.930. The van der Waals surface area contributed by atoms with Crippen LogP contribution >= 0.6 is 11.3 Å². The van der Waals surface area contributed by atoms with Gasteiger partial charge in [0.15, 0.2) is 0 Å². The molecule has 1 aromatic heterocycles. The highest BCUT2D eigenvalue weighted by Gasteiger charge is 2.13. The largest absolute Gasteiger partial charge is 0.315 e. The highest BCUT2D eigenvalue weighted by Crippen LogP contribution is 2.33. The molecule has 1 nitrogen and oxygen atoms in total. The normalized spacial score (nSPS) is 11.6. The molecule has 0 saturated carbocycles. The Morgan fingerprint density at radius 2 is 2.12 bits per heavy atom. The van der Waals surface area contributed by atoms with Gasteiger partial charge in [-0.1, -0.05) is 19.9 Å². The molecule has 0 radical (unpaired) electrons. The molecule has 17 heavy (non-hydrogen) atoms. The fourth-order valence-corrected chi connectivity index (χ4v) is 3.38. The predicted molar refractivity (Wildman–Crippen MR) is 73.1 cm³/mol. The fourth-order valence-electron chi connectivity index (χ4n) is 2.11. The van der Waals surface area contributed by atoms with Gasteiger partial charge in [0, 0.05) is 16.1 Å². The number of hydrogen-bond acceptors (Lipinski definition) is 2. The zero-order chi connectivity index (χ0) is 12.4. The molecule has 0 unspecified atom stereocenters. The first-order chi connectivity index (χ1) is 8.11. The predicted octanol–water partition coefficient (Wildman–Crippen LogP) is 3.96. The summed E-state index contributed by atoms with van der Waals surface area (Å²) in [6.45, 7) is 5.30. The molecule has 0 fully saturated rings. The smallest absolute Gasteiger partial charge is 0.124 e. The number of halogens is 1. The van der Waals surface area contributed by atoms with Crippen LogP contribution in [0.5, 0.6) is 0 Å². The topological polar surface area (TPSA) is 12.0 Å². The number of benzene rings is 1. The lowest BCUT2D eigenvalue weighted by Crippen LogP contribution is -2.06. The summed E-state index contributed by atoms with van der Waals surface area (Å²) in [5, 5.41) is 4.41. The van der Waals surface area contributed by atoms with Crippen molar-refractivity contribution in [1.82, 2.24) is 5.32 Å². The molecule has 3 heteroatoms. The van der Waals surface area contributed by atoms with Gasteiger partial charge in [-0.25, -0.2) is 4.39 Å². The second-order valence-corrected chi connectivity index (χ2v) is 5.91. The summed E-state index contributed by atoms with van der Waals surface area (Å²) >= 11 is 1.70. The van der Waals surface area contributed by atoms with Crippen molar-refractivity contribution >= 4 is 21.4 Å². The zero-order valence-electron chi connectivity index (χ0n) is 10.5. The lowest BCUT2D eigenvalue weighted by Gasteiger charge is -2.07. The quantitative estimate of drug-likeness (QED) is 0.867. The van der Waals surface area contributed by atoms with E-state index in [1.807, 2.05) is 13.1 Å². The molecular formula is C14H18FNS. The third kappa shape index (κ3) is 2.67. The van der Waals surface area contributed by atoms with Crippen molar-refractivity contribution in [2.45, 2.75) is 26.8 Å². The van der Waals surface area contributed by atoms with Crippen LogP contribution in [0.3, 0.4) is 0 Å². The van der Waals surface area contributed by atoms with Gasteiger partial charge >= 0.3 is 0 Å². The minimum absolute atomic E-state index is 0.147. The molecule has 0 atom stereocenters. The molecule has 0 aliphatic heterocycles. The second-order valence-electron chi connectivity index (χ2n) is 4.77. The first kappa shape index (κ1) is 12.5. The number of fused-ring (bicyclic) bond motifs is 1. The minimum atomic E-state index is -0.147. The van der Waals surface area contributed by atoms with E-state index in [-0.39, 0.29) is 5.82 Å². The fraction of sp³-hybridized carbons (Fsp3) is 0.429. The average molecular weight is 251 g/mol. The molecule has 0 aliphatic carbocycles. The Morgan fingerprint density at radius 1 is 1.35 bits per heavy atom. The Bertz CT molecular complexity index is 516. The Morgan fingerprint density at radius 3 is 2.76 bits per heavy atom. The summed E-state index contributed by atoms with van der Waals surface area (Å²) in [5.74, 6) is 0.472. The number of hydrogen-bond donors (Lipinski definition) is 1. The molecule has 1 N–H and O–H groups in total. The van der Waals surface area contributed by atoms with E-state index < -0.39 is 0 Å². The van der Waals surface area contributed by atoms with Gasteiger partial charge in [-0.2, -0.15) is 0 Å². The molecule has 0 spiro atoms. The number of thiophene rings is 1. The lowest BCUT2D eigenvalue weighted by molar-refractivity contribution is 0.629. The molecule has 0 bridgehead atoms. The summed E-state index contributed by atoms with van der Waals surface area (Å²) in [6.07, 6.45) is 1.06. The van der Waals surface area contributed by atoms with Crippen LogP contribution in [0.15, 0.2) is 18.2 Å². The maximum absolute atomic E-state index is 13.2. The SMILES string of the molecule is CNCc1sc2cc(F)ccc2c1CC(C)C. The number of nitrogens with one attached hydrogen (secondary N) is 1. The van der Waals surface area contributed by atoms with Crippen LogP contribution in [0.4, 0.5) is 4.39 Å². The number of rotatable bonds is 4. The monoisotopic (exact) mass is 251 g/mol. The summed E-state index contributed by atoms with van der Waals surface area (Å²) in [4.78, 5) is 1.34. The van der Waals surface area contributed by atoms with E-state index in [4.69, 9.17) is 0 Å². The molecule has 92 valence electrons. The van der Waals surface area contributed by atoms with Gasteiger partial charge in [-0.3, -0.25) is 0 Å². The molecule has 0 aliphatic rings. The maximum Gasteiger partial charge on any atom is 0.124 e. The van der Waals surface area contributed by atoms with Crippen molar-refractivity contribution in [1.29, 1.82) is 0 Å². The molecule has 1 aromatic carbocycles. The third-order valence-corrected chi connectivity index (χ3v) is 3.98. The van der Waals surface area contributed by atoms with E-state index in [2.05, 4.69) is 19.2 Å². The van der Waals surface area contributed by atoms with Gasteiger partial charge < -0.3 is 5.32 Å². The van der Waals surface area contributed by atoms with E-state index in [0.29, 0.717) is 5.92 Å². The summed E-state index contributed by atoms with van der Waals surface area (Å²) in [6, 6.07) is 5.11. The average Bonchev–Trinajstić information content (AvgIpc) is 2.56.